The van der Waals surface area contributed by atoms with E-state index in [1.807, 2.05) is 0 Å². The van der Waals surface area contributed by atoms with Gasteiger partial charge in [-0.2, -0.15) is 0 Å². The summed E-state index contributed by atoms with van der Waals surface area (Å²) in [6.45, 7) is 6.51. The molecule has 0 heterocycles. The number of esters is 3. The van der Waals surface area contributed by atoms with E-state index < -0.39 is 6.10 Å². The third kappa shape index (κ3) is 63.7. The van der Waals surface area contributed by atoms with E-state index in [0.717, 1.165) is 96.3 Å². The molecule has 0 amide bonds. The molecule has 0 aliphatic heterocycles. The highest BCUT2D eigenvalue weighted by Crippen LogP contribution is 2.18. The Hall–Kier alpha value is -3.15. The van der Waals surface area contributed by atoms with Gasteiger partial charge in [-0.25, -0.2) is 0 Å². The molecule has 6 nitrogen and oxygen atoms in total. The molecule has 0 aromatic heterocycles. The van der Waals surface area contributed by atoms with Crippen molar-refractivity contribution in [2.45, 2.75) is 354 Å². The largest absolute Gasteiger partial charge is 0.462 e. The topological polar surface area (TPSA) is 78.9 Å². The van der Waals surface area contributed by atoms with Gasteiger partial charge in [0.15, 0.2) is 6.10 Å². The molecule has 0 rings (SSSR count). The van der Waals surface area contributed by atoms with Crippen LogP contribution >= 0.6 is 0 Å². The lowest BCUT2D eigenvalue weighted by atomic mass is 10.0. The van der Waals surface area contributed by atoms with Crippen molar-refractivity contribution in [3.8, 4) is 0 Å². The van der Waals surface area contributed by atoms with Gasteiger partial charge in [0.25, 0.3) is 0 Å². The van der Waals surface area contributed by atoms with Crippen molar-refractivity contribution in [1.29, 1.82) is 0 Å². The normalized spacial score (nSPS) is 12.5. The molecule has 452 valence electrons. The Morgan fingerprint density at radius 1 is 0.269 bits per heavy atom. The molecule has 6 heteroatoms. The third-order valence-electron chi connectivity index (χ3n) is 14.9. The van der Waals surface area contributed by atoms with Gasteiger partial charge in [0, 0.05) is 19.3 Å². The van der Waals surface area contributed by atoms with E-state index >= 15 is 0 Å². The SMILES string of the molecule is CC/C=C\C/C=C\C/C=C\C/C=C\C/C=C\CCCCCC(=O)OC(COC(=O)CCCCCCCCCC)COC(=O)CCCCCCCCCCCCCCCCCCCCCCC/C=C\CCCCCCCCCC. The van der Waals surface area contributed by atoms with Crippen LogP contribution in [0.15, 0.2) is 72.9 Å². The summed E-state index contributed by atoms with van der Waals surface area (Å²) in [5.74, 6) is -0.908. The minimum Gasteiger partial charge on any atom is -0.462 e. The molecule has 0 aliphatic carbocycles. The summed E-state index contributed by atoms with van der Waals surface area (Å²) in [6, 6.07) is 0. The van der Waals surface area contributed by atoms with Gasteiger partial charge in [0.2, 0.25) is 0 Å². The fourth-order valence-corrected chi connectivity index (χ4v) is 9.88. The van der Waals surface area contributed by atoms with E-state index in [0.29, 0.717) is 19.3 Å². The van der Waals surface area contributed by atoms with Crippen LogP contribution in [0.5, 0.6) is 0 Å². The van der Waals surface area contributed by atoms with Crippen LogP contribution in [0.4, 0.5) is 0 Å². The van der Waals surface area contributed by atoms with Crippen LogP contribution in [0.1, 0.15) is 348 Å². The molecule has 0 radical (unpaired) electrons. The van der Waals surface area contributed by atoms with Crippen LogP contribution in [0, 0.1) is 0 Å². The van der Waals surface area contributed by atoms with Gasteiger partial charge in [-0.15, -0.1) is 0 Å². The maximum absolute atomic E-state index is 12.9. The van der Waals surface area contributed by atoms with E-state index in [1.54, 1.807) is 0 Å². The first-order chi connectivity index (χ1) is 38.5. The maximum Gasteiger partial charge on any atom is 0.306 e. The fraction of sp³-hybridized carbons (Fsp3) is 0.792. The molecule has 0 saturated carbocycles. The van der Waals surface area contributed by atoms with Gasteiger partial charge in [-0.3, -0.25) is 14.4 Å². The second kappa shape index (κ2) is 66.4. The van der Waals surface area contributed by atoms with E-state index in [2.05, 4.69) is 93.7 Å². The average molecular weight is 1090 g/mol. The number of rotatable bonds is 62. The molecule has 0 bridgehead atoms. The van der Waals surface area contributed by atoms with Crippen LogP contribution in [-0.4, -0.2) is 37.2 Å². The summed E-state index contributed by atoms with van der Waals surface area (Å²) in [5, 5.41) is 0. The Bertz CT molecular complexity index is 1440. The number of hydrogen-bond acceptors (Lipinski definition) is 6. The maximum atomic E-state index is 12.9. The Morgan fingerprint density at radius 3 is 0.808 bits per heavy atom. The van der Waals surface area contributed by atoms with Gasteiger partial charge < -0.3 is 14.2 Å². The van der Waals surface area contributed by atoms with Crippen LogP contribution in [0.2, 0.25) is 0 Å². The molecule has 0 aliphatic rings. The molecule has 0 aromatic carbocycles. The number of unbranched alkanes of at least 4 members (excludes halogenated alkanes) is 39. The van der Waals surface area contributed by atoms with Gasteiger partial charge in [-0.1, -0.05) is 312 Å². The minimum absolute atomic E-state index is 0.0853. The molecular formula is C72H128O6. The average Bonchev–Trinajstić information content (AvgIpc) is 3.44. The minimum atomic E-state index is -0.790. The number of hydrogen-bond donors (Lipinski definition) is 0. The van der Waals surface area contributed by atoms with Crippen LogP contribution < -0.4 is 0 Å². The molecule has 1 unspecified atom stereocenters. The molecule has 78 heavy (non-hydrogen) atoms. The lowest BCUT2D eigenvalue weighted by molar-refractivity contribution is -0.167. The summed E-state index contributed by atoms with van der Waals surface area (Å²) in [5.41, 5.74) is 0. The van der Waals surface area contributed by atoms with E-state index in [-0.39, 0.29) is 31.1 Å². The molecule has 0 aromatic rings. The summed E-state index contributed by atoms with van der Waals surface area (Å²) >= 11 is 0. The van der Waals surface area contributed by atoms with Gasteiger partial charge in [-0.05, 0) is 89.9 Å². The Balaban J connectivity index is 4.06. The number of carbonyl (C=O) groups is 3. The summed E-state index contributed by atoms with van der Waals surface area (Å²) in [6.07, 6.45) is 86.8. The van der Waals surface area contributed by atoms with Crippen molar-refractivity contribution in [3.05, 3.63) is 72.9 Å². The van der Waals surface area contributed by atoms with E-state index in [1.165, 1.54) is 212 Å². The molecule has 0 spiro atoms. The Kier molecular flexibility index (Phi) is 63.7. The summed E-state index contributed by atoms with van der Waals surface area (Å²) in [7, 11) is 0. The predicted octanol–water partition coefficient (Wildman–Crippen LogP) is 23.3. The second-order valence-electron chi connectivity index (χ2n) is 22.7. The van der Waals surface area contributed by atoms with Gasteiger partial charge in [0.05, 0.1) is 0 Å². The highest BCUT2D eigenvalue weighted by atomic mass is 16.6. The third-order valence-corrected chi connectivity index (χ3v) is 14.9. The summed E-state index contributed by atoms with van der Waals surface area (Å²) < 4.78 is 16.8. The molecule has 0 N–H and O–H groups in total. The first-order valence-corrected chi connectivity index (χ1v) is 33.9. The van der Waals surface area contributed by atoms with Crippen molar-refractivity contribution in [2.24, 2.45) is 0 Å². The number of carbonyl (C=O) groups excluding carboxylic acids is 3. The zero-order valence-electron chi connectivity index (χ0n) is 51.9. The van der Waals surface area contributed by atoms with Crippen LogP contribution in [-0.2, 0) is 28.6 Å². The summed E-state index contributed by atoms with van der Waals surface area (Å²) in [4.78, 5) is 38.1. The molecule has 0 saturated heterocycles. The Labute approximate surface area is 484 Å². The Morgan fingerprint density at radius 2 is 0.500 bits per heavy atom. The molecular weight excluding hydrogens is 961 g/mol. The van der Waals surface area contributed by atoms with Crippen LogP contribution in [0.25, 0.3) is 0 Å². The monoisotopic (exact) mass is 1090 g/mol. The standard InChI is InChI=1S/C72H128O6/c1-4-7-10-13-16-19-21-23-25-27-29-30-31-32-33-34-35-36-37-38-39-40-41-42-44-45-47-49-51-53-56-59-62-65-71(74)77-68-69(67-76-70(73)64-61-58-55-18-15-12-9-6-3)78-72(75)66-63-60-57-54-52-50-48-46-43-28-26-24-22-20-17-14-11-8-5-2/h8,11,17,20,24,26-27,29,43,46,50,52,69H,4-7,9-10,12-16,18-19,21-23,25,28,30-42,44-45,47-49,51,53-68H2,1-3H3/b11-8-,20-17-,26-24-,29-27-,46-43-,52-50-. The van der Waals surface area contributed by atoms with Crippen molar-refractivity contribution in [2.75, 3.05) is 13.2 Å². The quantitative estimate of drug-likeness (QED) is 0.0261. The highest BCUT2D eigenvalue weighted by Gasteiger charge is 2.19. The van der Waals surface area contributed by atoms with Crippen molar-refractivity contribution < 1.29 is 28.6 Å². The van der Waals surface area contributed by atoms with Crippen molar-refractivity contribution in [1.82, 2.24) is 0 Å². The van der Waals surface area contributed by atoms with E-state index in [4.69, 9.17) is 14.2 Å². The lowest BCUT2D eigenvalue weighted by Gasteiger charge is -2.18. The van der Waals surface area contributed by atoms with Crippen molar-refractivity contribution >= 4 is 17.9 Å². The number of allylic oxidation sites excluding steroid dienone is 12. The predicted molar refractivity (Wildman–Crippen MR) is 339 cm³/mol. The molecule has 1 atom stereocenters. The second-order valence-corrected chi connectivity index (χ2v) is 22.7. The first kappa shape index (κ1) is 74.8. The first-order valence-electron chi connectivity index (χ1n) is 33.9. The highest BCUT2D eigenvalue weighted by molar-refractivity contribution is 5.71. The van der Waals surface area contributed by atoms with Crippen molar-refractivity contribution in [3.63, 3.8) is 0 Å². The van der Waals surface area contributed by atoms with Crippen LogP contribution in [0.3, 0.4) is 0 Å². The fourth-order valence-electron chi connectivity index (χ4n) is 9.88. The zero-order chi connectivity index (χ0) is 56.4. The smallest absolute Gasteiger partial charge is 0.306 e. The number of ether oxygens (including phenoxy) is 3. The molecule has 0 fully saturated rings. The van der Waals surface area contributed by atoms with Gasteiger partial charge in [0.1, 0.15) is 13.2 Å². The van der Waals surface area contributed by atoms with Gasteiger partial charge >= 0.3 is 17.9 Å². The van der Waals surface area contributed by atoms with E-state index in [9.17, 15) is 14.4 Å². The zero-order valence-corrected chi connectivity index (χ0v) is 51.9. The lowest BCUT2D eigenvalue weighted by Crippen LogP contribution is -2.30.